The zero-order valence-corrected chi connectivity index (χ0v) is 13.3. The molecular weight excluding hydrogens is 286 g/mol. The first kappa shape index (κ1) is 14.9. The molecule has 1 aromatic rings. The number of nitrogens with two attached hydrogens (primary N) is 1. The number of hydrogen-bond donors (Lipinski definition) is 1. The van der Waals surface area contributed by atoms with Crippen LogP contribution in [0.2, 0.25) is 0 Å². The van der Waals surface area contributed by atoms with Gasteiger partial charge >= 0.3 is 5.97 Å². The van der Waals surface area contributed by atoms with Crippen LogP contribution in [-0.2, 0) is 9.47 Å². The fourth-order valence-electron chi connectivity index (χ4n) is 3.41. The largest absolute Gasteiger partial charge is 0.459 e. The number of nitrogen functional groups attached to an aromatic ring is 1. The van der Waals surface area contributed by atoms with Crippen molar-refractivity contribution in [3.63, 3.8) is 0 Å². The Hall–Kier alpha value is -1.07. The number of esters is 1. The molecule has 1 aliphatic heterocycles. The van der Waals surface area contributed by atoms with E-state index in [2.05, 4.69) is 0 Å². The number of carbonyl (C=O) groups is 1. The van der Waals surface area contributed by atoms with Crippen molar-refractivity contribution in [3.8, 4) is 0 Å². The maximum Gasteiger partial charge on any atom is 0.348 e. The molecule has 1 saturated carbocycles. The minimum absolute atomic E-state index is 0.0606. The average Bonchev–Trinajstić information content (AvgIpc) is 3.02. The normalized spacial score (nSPS) is 24.3. The van der Waals surface area contributed by atoms with Crippen molar-refractivity contribution in [2.75, 3.05) is 12.3 Å². The van der Waals surface area contributed by atoms with Gasteiger partial charge < -0.3 is 15.2 Å². The van der Waals surface area contributed by atoms with Crippen molar-refractivity contribution in [2.45, 2.75) is 63.6 Å². The highest BCUT2D eigenvalue weighted by Crippen LogP contribution is 2.41. The average molecular weight is 309 g/mol. The highest BCUT2D eigenvalue weighted by atomic mass is 32.1. The molecule has 0 aromatic carbocycles. The Morgan fingerprint density at radius 2 is 2.19 bits per heavy atom. The molecule has 2 fully saturated rings. The van der Waals surface area contributed by atoms with E-state index in [-0.39, 0.29) is 17.7 Å². The second-order valence-electron chi connectivity index (χ2n) is 6.24. The summed E-state index contributed by atoms with van der Waals surface area (Å²) in [5, 5.41) is 0. The first-order valence-electron chi connectivity index (χ1n) is 7.79. The maximum atomic E-state index is 12.0. The molecule has 1 saturated heterocycles. The summed E-state index contributed by atoms with van der Waals surface area (Å²) in [6.07, 6.45) is 8.35. The zero-order chi connectivity index (χ0) is 14.9. The van der Waals surface area contributed by atoms with Crippen molar-refractivity contribution in [1.82, 2.24) is 0 Å². The van der Waals surface area contributed by atoms with Gasteiger partial charge in [0.1, 0.15) is 11.5 Å². The summed E-state index contributed by atoms with van der Waals surface area (Å²) >= 11 is 1.39. The Labute approximate surface area is 129 Å². The number of anilines is 1. The van der Waals surface area contributed by atoms with Crippen LogP contribution >= 0.6 is 11.3 Å². The van der Waals surface area contributed by atoms with Gasteiger partial charge in [-0.05, 0) is 38.7 Å². The van der Waals surface area contributed by atoms with Crippen LogP contribution in [0.1, 0.15) is 59.5 Å². The fraction of sp³-hybridized carbons (Fsp3) is 0.688. The van der Waals surface area contributed by atoms with Crippen molar-refractivity contribution >= 4 is 23.0 Å². The molecule has 1 atom stereocenters. The standard InChI is InChI=1S/C16H23NO3S/c1-11-13(17)9-14(21-11)15(18)19-10-12-5-8-16(20-12)6-3-2-4-7-16/h9,12H,2-8,10,17H2,1H3. The van der Waals surface area contributed by atoms with E-state index in [1.54, 1.807) is 6.07 Å². The highest BCUT2D eigenvalue weighted by Gasteiger charge is 2.41. The van der Waals surface area contributed by atoms with Crippen LogP contribution in [0.3, 0.4) is 0 Å². The molecule has 4 nitrogen and oxygen atoms in total. The molecule has 3 rings (SSSR count). The Morgan fingerprint density at radius 1 is 1.43 bits per heavy atom. The Kier molecular flexibility index (Phi) is 4.22. The summed E-state index contributed by atoms with van der Waals surface area (Å²) < 4.78 is 11.6. The lowest BCUT2D eigenvalue weighted by molar-refractivity contribution is -0.0809. The monoisotopic (exact) mass is 309 g/mol. The Bertz CT molecular complexity index is 500. The molecule has 116 valence electrons. The van der Waals surface area contributed by atoms with Gasteiger partial charge in [0.25, 0.3) is 0 Å². The number of carbonyl (C=O) groups excluding carboxylic acids is 1. The number of rotatable bonds is 3. The lowest BCUT2D eigenvalue weighted by Crippen LogP contribution is -2.32. The maximum absolute atomic E-state index is 12.0. The molecule has 2 aliphatic rings. The first-order chi connectivity index (χ1) is 10.1. The van der Waals surface area contributed by atoms with Crippen LogP contribution in [-0.4, -0.2) is 24.3 Å². The van der Waals surface area contributed by atoms with E-state index in [0.29, 0.717) is 17.2 Å². The SMILES string of the molecule is Cc1sc(C(=O)OCC2CCC3(CCCCC3)O2)cc1N. The van der Waals surface area contributed by atoms with Gasteiger partial charge in [-0.25, -0.2) is 4.79 Å². The first-order valence-corrected chi connectivity index (χ1v) is 8.60. The van der Waals surface area contributed by atoms with E-state index >= 15 is 0 Å². The number of ether oxygens (including phenoxy) is 2. The second-order valence-corrected chi connectivity index (χ2v) is 7.50. The summed E-state index contributed by atoms with van der Waals surface area (Å²) in [6.45, 7) is 2.27. The van der Waals surface area contributed by atoms with Gasteiger partial charge in [-0.2, -0.15) is 0 Å². The van der Waals surface area contributed by atoms with Crippen LogP contribution in [0.15, 0.2) is 6.07 Å². The van der Waals surface area contributed by atoms with Crippen LogP contribution in [0.5, 0.6) is 0 Å². The summed E-state index contributed by atoms with van der Waals surface area (Å²) in [5.74, 6) is -0.284. The van der Waals surface area contributed by atoms with Gasteiger partial charge in [-0.3, -0.25) is 0 Å². The summed E-state index contributed by atoms with van der Waals surface area (Å²) in [5.41, 5.74) is 6.51. The third-order valence-corrected chi connectivity index (χ3v) is 5.71. The third kappa shape index (κ3) is 3.24. The second kappa shape index (κ2) is 5.97. The fourth-order valence-corrected chi connectivity index (χ4v) is 4.25. The van der Waals surface area contributed by atoms with Gasteiger partial charge in [0.15, 0.2) is 0 Å². The zero-order valence-electron chi connectivity index (χ0n) is 12.5. The Morgan fingerprint density at radius 3 is 2.86 bits per heavy atom. The summed E-state index contributed by atoms with van der Waals surface area (Å²) in [7, 11) is 0. The summed E-state index contributed by atoms with van der Waals surface area (Å²) in [4.78, 5) is 13.5. The number of thiophene rings is 1. The van der Waals surface area contributed by atoms with E-state index in [4.69, 9.17) is 15.2 Å². The molecule has 2 heterocycles. The van der Waals surface area contributed by atoms with Crippen molar-refractivity contribution in [1.29, 1.82) is 0 Å². The van der Waals surface area contributed by atoms with E-state index in [1.165, 1.54) is 30.6 Å². The van der Waals surface area contributed by atoms with E-state index < -0.39 is 0 Å². The summed E-state index contributed by atoms with van der Waals surface area (Å²) in [6, 6.07) is 1.69. The smallest absolute Gasteiger partial charge is 0.348 e. The van der Waals surface area contributed by atoms with Gasteiger partial charge in [0.2, 0.25) is 0 Å². The van der Waals surface area contributed by atoms with Crippen LogP contribution in [0.4, 0.5) is 5.69 Å². The molecule has 0 bridgehead atoms. The van der Waals surface area contributed by atoms with Crippen LogP contribution in [0, 0.1) is 6.92 Å². The van der Waals surface area contributed by atoms with Crippen molar-refractivity contribution in [2.24, 2.45) is 0 Å². The molecule has 1 unspecified atom stereocenters. The van der Waals surface area contributed by atoms with Gasteiger partial charge in [0.05, 0.1) is 11.7 Å². The third-order valence-electron chi connectivity index (χ3n) is 4.66. The molecule has 1 spiro atoms. The van der Waals surface area contributed by atoms with E-state index in [0.717, 1.165) is 30.6 Å². The molecule has 1 aliphatic carbocycles. The minimum Gasteiger partial charge on any atom is -0.459 e. The van der Waals surface area contributed by atoms with Gasteiger partial charge in [0, 0.05) is 10.6 Å². The highest BCUT2D eigenvalue weighted by molar-refractivity contribution is 7.14. The molecule has 1 aromatic heterocycles. The molecule has 0 amide bonds. The minimum atomic E-state index is -0.284. The van der Waals surface area contributed by atoms with Crippen molar-refractivity contribution in [3.05, 3.63) is 15.8 Å². The van der Waals surface area contributed by atoms with E-state index in [1.807, 2.05) is 6.92 Å². The van der Waals surface area contributed by atoms with Crippen LogP contribution in [0.25, 0.3) is 0 Å². The predicted octanol–water partition coefficient (Wildman–Crippen LogP) is 3.68. The molecule has 21 heavy (non-hydrogen) atoms. The van der Waals surface area contributed by atoms with Gasteiger partial charge in [-0.15, -0.1) is 11.3 Å². The molecule has 0 radical (unpaired) electrons. The van der Waals surface area contributed by atoms with Crippen molar-refractivity contribution < 1.29 is 14.3 Å². The number of aryl methyl sites for hydroxylation is 1. The lowest BCUT2D eigenvalue weighted by Gasteiger charge is -2.33. The van der Waals surface area contributed by atoms with Gasteiger partial charge in [-0.1, -0.05) is 19.3 Å². The van der Waals surface area contributed by atoms with E-state index in [9.17, 15) is 4.79 Å². The molecule has 5 heteroatoms. The predicted molar refractivity (Wildman–Crippen MR) is 83.7 cm³/mol. The topological polar surface area (TPSA) is 61.5 Å². The Balaban J connectivity index is 1.50. The molecule has 2 N–H and O–H groups in total. The number of hydrogen-bond acceptors (Lipinski definition) is 5. The van der Waals surface area contributed by atoms with Crippen LogP contribution < -0.4 is 5.73 Å². The molecular formula is C16H23NO3S. The lowest BCUT2D eigenvalue weighted by atomic mass is 9.83. The quantitative estimate of drug-likeness (QED) is 0.865.